The molecule has 0 aliphatic heterocycles. The molecule has 2 fully saturated rings. The Kier molecular flexibility index (Phi) is 24.4. The van der Waals surface area contributed by atoms with Crippen molar-refractivity contribution >= 4 is 35.0 Å². The molecule has 0 amide bonds. The summed E-state index contributed by atoms with van der Waals surface area (Å²) in [5.74, 6) is -2.22. The van der Waals surface area contributed by atoms with Crippen LogP contribution in [-0.4, -0.2) is 59.4 Å². The van der Waals surface area contributed by atoms with Crippen LogP contribution in [0.4, 0.5) is 0 Å². The van der Waals surface area contributed by atoms with E-state index >= 15 is 0 Å². The van der Waals surface area contributed by atoms with Crippen LogP contribution < -0.4 is 27.2 Å². The molecule has 6 nitrogen and oxygen atoms in total. The summed E-state index contributed by atoms with van der Waals surface area (Å²) in [7, 11) is 0. The van der Waals surface area contributed by atoms with Crippen molar-refractivity contribution in [3.8, 4) is 0 Å². The van der Waals surface area contributed by atoms with Gasteiger partial charge in [-0.3, -0.25) is 9.59 Å². The molecule has 0 aromatic carbocycles. The van der Waals surface area contributed by atoms with Crippen LogP contribution in [0.5, 0.6) is 0 Å². The van der Waals surface area contributed by atoms with Gasteiger partial charge in [0, 0.05) is 19.5 Å². The van der Waals surface area contributed by atoms with Crippen molar-refractivity contribution in [2.24, 2.45) is 0 Å². The molecule has 0 spiro atoms. The van der Waals surface area contributed by atoms with Crippen LogP contribution in [0.1, 0.15) is 84.0 Å². The van der Waals surface area contributed by atoms with Crippen molar-refractivity contribution in [3.63, 3.8) is 0 Å². The van der Waals surface area contributed by atoms with Gasteiger partial charge in [0.2, 0.25) is 0 Å². The average molecular weight is 539 g/mol. The summed E-state index contributed by atoms with van der Waals surface area (Å²) in [6.45, 7) is 5.00. The van der Waals surface area contributed by atoms with E-state index in [0.717, 1.165) is 51.4 Å². The quantitative estimate of drug-likeness (QED) is 0.238. The maximum absolute atomic E-state index is 11.9. The van der Waals surface area contributed by atoms with E-state index in [0.29, 0.717) is 25.7 Å². The summed E-state index contributed by atoms with van der Waals surface area (Å²) in [6, 6.07) is 0. The average Bonchev–Trinajstić information content (AvgIpc) is 3.07. The molecule has 2 aliphatic rings. The monoisotopic (exact) mass is 536 g/mol. The van der Waals surface area contributed by atoms with Gasteiger partial charge in [-0.25, -0.2) is 0 Å². The van der Waals surface area contributed by atoms with E-state index in [4.69, 9.17) is 9.47 Å². The fourth-order valence-corrected chi connectivity index (χ4v) is 3.43. The van der Waals surface area contributed by atoms with Crippen molar-refractivity contribution in [1.29, 1.82) is 0 Å². The number of hydrogen-bond donors (Lipinski definition) is 0. The van der Waals surface area contributed by atoms with Gasteiger partial charge in [0.15, 0.2) is 0 Å². The SMILES string of the molecule is O=C(OC1CCCCCC1)[C@H]([O-])[C@@H]([O-])C(=O)OC1CCCCCC1.[Br-].[CH2]C.[Mg+2].[Zn]. The third-order valence-corrected chi connectivity index (χ3v) is 4.91. The summed E-state index contributed by atoms with van der Waals surface area (Å²) in [5, 5.41) is 23.9. The van der Waals surface area contributed by atoms with Crippen LogP contribution in [0.15, 0.2) is 0 Å². The molecule has 9 heteroatoms. The van der Waals surface area contributed by atoms with Crippen LogP contribution in [-0.2, 0) is 38.5 Å². The molecule has 0 unspecified atom stereocenters. The van der Waals surface area contributed by atoms with Crippen molar-refractivity contribution in [2.45, 2.75) is 108 Å². The Labute approximate surface area is 214 Å². The standard InChI is InChI=1S/C18H28O6.C2H5.BrH.Mg.Zn/c19-15(17(21)23-13-9-5-1-2-6-10-13)16(20)18(22)24-14-11-7-3-4-8-12-14;1-2;;;/h13-16H,1-12H2;1H2,2H3;1H;;/q-2;;;+2;/p-1/t15-,16-;;;;/m1..../s1. The van der Waals surface area contributed by atoms with Gasteiger partial charge in [0.25, 0.3) is 11.9 Å². The second-order valence-corrected chi connectivity index (χ2v) is 6.94. The molecular formula is C20H33BrMgO6Zn-. The fraction of sp³-hybridized carbons (Fsp3) is 0.850. The van der Waals surface area contributed by atoms with Crippen LogP contribution >= 0.6 is 0 Å². The van der Waals surface area contributed by atoms with Gasteiger partial charge < -0.3 is 36.7 Å². The number of hydrogen-bond acceptors (Lipinski definition) is 6. The summed E-state index contributed by atoms with van der Waals surface area (Å²) in [6.07, 6.45) is 5.93. The first-order chi connectivity index (χ1) is 12.6. The molecule has 0 saturated heterocycles. The van der Waals surface area contributed by atoms with E-state index in [9.17, 15) is 19.8 Å². The number of ether oxygens (including phenoxy) is 2. The summed E-state index contributed by atoms with van der Waals surface area (Å²) in [5.41, 5.74) is 0. The zero-order chi connectivity index (χ0) is 19.4. The van der Waals surface area contributed by atoms with Gasteiger partial charge >= 0.3 is 23.1 Å². The number of rotatable bonds is 5. The second kappa shape index (κ2) is 20.6. The largest absolute Gasteiger partial charge is 2.00 e. The first-order valence-corrected chi connectivity index (χ1v) is 10.0. The number of carbonyl (C=O) groups excluding carboxylic acids is 2. The minimum atomic E-state index is -2.24. The Balaban J connectivity index is -0.00000131. The van der Waals surface area contributed by atoms with E-state index in [2.05, 4.69) is 6.92 Å². The molecule has 2 atom stereocenters. The summed E-state index contributed by atoms with van der Waals surface area (Å²) >= 11 is 0. The van der Waals surface area contributed by atoms with Gasteiger partial charge in [0.05, 0.1) is 0 Å². The maximum Gasteiger partial charge on any atom is 2.00 e. The second-order valence-electron chi connectivity index (χ2n) is 6.94. The Morgan fingerprint density at radius 2 is 0.966 bits per heavy atom. The van der Waals surface area contributed by atoms with Gasteiger partial charge in [-0.05, 0) is 63.6 Å². The normalized spacial score (nSPS) is 19.7. The first kappa shape index (κ1) is 34.3. The molecular weight excluding hydrogens is 506 g/mol. The smallest absolute Gasteiger partial charge is 1.00 e. The van der Waals surface area contributed by atoms with Crippen molar-refractivity contribution in [1.82, 2.24) is 0 Å². The van der Waals surface area contributed by atoms with Crippen LogP contribution in [0.25, 0.3) is 0 Å². The third-order valence-electron chi connectivity index (χ3n) is 4.91. The number of esters is 2. The van der Waals surface area contributed by atoms with Crippen molar-refractivity contribution in [3.05, 3.63) is 6.92 Å². The third kappa shape index (κ3) is 13.7. The first-order valence-electron chi connectivity index (χ1n) is 10.0. The fourth-order valence-electron chi connectivity index (χ4n) is 3.43. The predicted octanol–water partition coefficient (Wildman–Crippen LogP) is -1.56. The molecule has 2 aliphatic carbocycles. The predicted molar refractivity (Wildman–Crippen MR) is 99.5 cm³/mol. The van der Waals surface area contributed by atoms with Crippen molar-refractivity contribution in [2.75, 3.05) is 0 Å². The Hall–Kier alpha value is 0.730. The Bertz CT molecular complexity index is 376. The zero-order valence-corrected chi connectivity index (χ0v) is 23.7. The summed E-state index contributed by atoms with van der Waals surface area (Å²) in [4.78, 5) is 23.7. The molecule has 0 aromatic heterocycles. The van der Waals surface area contributed by atoms with Gasteiger partial charge in [-0.2, -0.15) is 0 Å². The number of halogens is 1. The Morgan fingerprint density at radius 1 is 0.724 bits per heavy atom. The van der Waals surface area contributed by atoms with Crippen molar-refractivity contribution < 1.29 is 65.7 Å². The maximum atomic E-state index is 11.9. The topological polar surface area (TPSA) is 98.7 Å². The van der Waals surface area contributed by atoms with Gasteiger partial charge in [0.1, 0.15) is 12.2 Å². The van der Waals surface area contributed by atoms with Gasteiger partial charge in [-0.15, -0.1) is 0 Å². The van der Waals surface area contributed by atoms with Crippen LogP contribution in [0.2, 0.25) is 0 Å². The zero-order valence-electron chi connectivity index (χ0n) is 17.7. The molecule has 0 N–H and O–H groups in total. The number of carbonyl (C=O) groups is 2. The molecule has 2 rings (SSSR count). The molecule has 161 valence electrons. The van der Waals surface area contributed by atoms with Crippen LogP contribution in [0, 0.1) is 6.92 Å². The van der Waals surface area contributed by atoms with E-state index in [1.807, 2.05) is 0 Å². The summed E-state index contributed by atoms with van der Waals surface area (Å²) < 4.78 is 10.3. The molecule has 0 bridgehead atoms. The molecule has 1 radical (unpaired) electrons. The Morgan fingerprint density at radius 3 is 1.21 bits per heavy atom. The minimum Gasteiger partial charge on any atom is -1.00 e. The van der Waals surface area contributed by atoms with E-state index in [-0.39, 0.29) is 71.7 Å². The van der Waals surface area contributed by atoms with Crippen LogP contribution in [0.3, 0.4) is 0 Å². The molecule has 0 heterocycles. The van der Waals surface area contributed by atoms with E-state index < -0.39 is 24.1 Å². The van der Waals surface area contributed by atoms with E-state index in [1.165, 1.54) is 0 Å². The molecule has 2 saturated carbocycles. The minimum absolute atomic E-state index is 0. The van der Waals surface area contributed by atoms with Gasteiger partial charge in [-0.1, -0.05) is 39.5 Å². The molecule has 29 heavy (non-hydrogen) atoms. The van der Waals surface area contributed by atoms with E-state index in [1.54, 1.807) is 6.92 Å². The molecule has 0 aromatic rings.